The zero-order chi connectivity index (χ0) is 11.5. The Bertz CT molecular complexity index is 494. The molecular weight excluding hydrogens is 227 g/mol. The molecule has 0 fully saturated rings. The molecule has 16 heavy (non-hydrogen) atoms. The van der Waals surface area contributed by atoms with E-state index in [9.17, 15) is 4.39 Å². The third-order valence-corrected chi connectivity index (χ3v) is 2.77. The molecule has 0 bridgehead atoms. The summed E-state index contributed by atoms with van der Waals surface area (Å²) in [7, 11) is 0. The molecule has 0 aliphatic carbocycles. The maximum Gasteiger partial charge on any atom is 0.123 e. The number of rotatable bonds is 3. The summed E-state index contributed by atoms with van der Waals surface area (Å²) >= 11 is 5.82. The van der Waals surface area contributed by atoms with E-state index in [-0.39, 0.29) is 11.7 Å². The molecule has 0 N–H and O–H groups in total. The Morgan fingerprint density at radius 1 is 1.44 bits per heavy atom. The lowest BCUT2D eigenvalue weighted by Crippen LogP contribution is -2.02. The van der Waals surface area contributed by atoms with Crippen LogP contribution in [0.3, 0.4) is 0 Å². The van der Waals surface area contributed by atoms with Crippen LogP contribution in [-0.4, -0.2) is 9.55 Å². The zero-order valence-electron chi connectivity index (χ0n) is 8.95. The van der Waals surface area contributed by atoms with Crippen LogP contribution in [0.2, 0.25) is 0 Å². The minimum absolute atomic E-state index is 0.266. The van der Waals surface area contributed by atoms with Gasteiger partial charge in [0.15, 0.2) is 0 Å². The predicted octanol–water partition coefficient (Wildman–Crippen LogP) is 3.31. The summed E-state index contributed by atoms with van der Waals surface area (Å²) in [5, 5.41) is 0. The molecule has 1 aromatic heterocycles. The Morgan fingerprint density at radius 3 is 2.94 bits per heavy atom. The van der Waals surface area contributed by atoms with Gasteiger partial charge in [0.2, 0.25) is 0 Å². The Kier molecular flexibility index (Phi) is 3.25. The number of hydrogen-bond donors (Lipinski definition) is 0. The quantitative estimate of drug-likeness (QED) is 0.751. The number of alkyl halides is 1. The van der Waals surface area contributed by atoms with Crippen LogP contribution >= 0.6 is 11.6 Å². The van der Waals surface area contributed by atoms with Gasteiger partial charge >= 0.3 is 0 Å². The molecule has 0 saturated carbocycles. The summed E-state index contributed by atoms with van der Waals surface area (Å²) < 4.78 is 15.0. The van der Waals surface area contributed by atoms with E-state index >= 15 is 0 Å². The van der Waals surface area contributed by atoms with Crippen molar-refractivity contribution in [1.29, 1.82) is 0 Å². The molecule has 2 nitrogen and oxygen atoms in total. The molecule has 84 valence electrons. The third-order valence-electron chi connectivity index (χ3n) is 2.48. The highest BCUT2D eigenvalue weighted by atomic mass is 35.5. The molecule has 0 spiro atoms. The Hall–Kier alpha value is -1.35. The number of benzene rings is 1. The van der Waals surface area contributed by atoms with Gasteiger partial charge in [0.1, 0.15) is 11.6 Å². The van der Waals surface area contributed by atoms with Gasteiger partial charge in [-0.05, 0) is 23.8 Å². The van der Waals surface area contributed by atoms with Crippen molar-refractivity contribution in [3.05, 3.63) is 47.8 Å². The summed E-state index contributed by atoms with van der Waals surface area (Å²) in [6.07, 6.45) is 4.43. The molecule has 0 aliphatic heterocycles. The summed E-state index contributed by atoms with van der Waals surface area (Å²) in [6.45, 7) is 2.03. The molecule has 4 heteroatoms. The van der Waals surface area contributed by atoms with Crippen LogP contribution in [0.4, 0.5) is 4.39 Å². The van der Waals surface area contributed by atoms with Crippen molar-refractivity contribution in [2.24, 2.45) is 0 Å². The lowest BCUT2D eigenvalue weighted by atomic mass is 10.2. The van der Waals surface area contributed by atoms with E-state index in [4.69, 9.17) is 11.6 Å². The average Bonchev–Trinajstić information content (AvgIpc) is 2.76. The van der Waals surface area contributed by atoms with Crippen molar-refractivity contribution in [3.8, 4) is 5.69 Å². The van der Waals surface area contributed by atoms with Crippen LogP contribution in [-0.2, 0) is 12.3 Å². The van der Waals surface area contributed by atoms with Crippen LogP contribution in [0.5, 0.6) is 0 Å². The molecular formula is C12H12ClFN2. The maximum absolute atomic E-state index is 13.1. The first-order chi connectivity index (χ1) is 7.76. The van der Waals surface area contributed by atoms with E-state index in [1.165, 1.54) is 12.1 Å². The fourth-order valence-electron chi connectivity index (χ4n) is 1.71. The molecule has 0 amide bonds. The minimum Gasteiger partial charge on any atom is -0.303 e. The van der Waals surface area contributed by atoms with E-state index in [1.54, 1.807) is 12.3 Å². The van der Waals surface area contributed by atoms with Gasteiger partial charge in [-0.1, -0.05) is 6.92 Å². The Balaban J connectivity index is 2.55. The molecule has 0 atom stereocenters. The van der Waals surface area contributed by atoms with E-state index in [0.29, 0.717) is 0 Å². The van der Waals surface area contributed by atoms with Crippen molar-refractivity contribution in [1.82, 2.24) is 9.55 Å². The second-order valence-corrected chi connectivity index (χ2v) is 3.74. The first-order valence-corrected chi connectivity index (χ1v) is 5.66. The summed E-state index contributed by atoms with van der Waals surface area (Å²) in [5.74, 6) is 0.963. The van der Waals surface area contributed by atoms with Crippen LogP contribution in [0.25, 0.3) is 5.69 Å². The average molecular weight is 239 g/mol. The number of nitrogens with zero attached hydrogens (tertiary/aromatic N) is 2. The molecule has 2 aromatic rings. The number of aryl methyl sites for hydroxylation is 1. The fraction of sp³-hybridized carbons (Fsp3) is 0.250. The third kappa shape index (κ3) is 1.95. The summed E-state index contributed by atoms with van der Waals surface area (Å²) in [5.41, 5.74) is 1.67. The number of halogens is 2. The first kappa shape index (κ1) is 11.1. The van der Waals surface area contributed by atoms with Crippen molar-refractivity contribution < 1.29 is 4.39 Å². The van der Waals surface area contributed by atoms with Gasteiger partial charge in [-0.25, -0.2) is 9.37 Å². The summed E-state index contributed by atoms with van der Waals surface area (Å²) in [6, 6.07) is 4.63. The molecule has 1 heterocycles. The molecule has 2 rings (SSSR count). The monoisotopic (exact) mass is 238 g/mol. The number of imidazole rings is 1. The van der Waals surface area contributed by atoms with Crippen LogP contribution < -0.4 is 0 Å². The fourth-order valence-corrected chi connectivity index (χ4v) is 1.93. The maximum atomic E-state index is 13.1. The largest absolute Gasteiger partial charge is 0.303 e. The molecule has 0 saturated heterocycles. The van der Waals surface area contributed by atoms with Crippen molar-refractivity contribution in [3.63, 3.8) is 0 Å². The topological polar surface area (TPSA) is 17.8 Å². The van der Waals surface area contributed by atoms with E-state index in [2.05, 4.69) is 4.98 Å². The van der Waals surface area contributed by atoms with Crippen molar-refractivity contribution in [2.45, 2.75) is 19.2 Å². The van der Waals surface area contributed by atoms with Gasteiger partial charge in [0.25, 0.3) is 0 Å². The molecule has 0 unspecified atom stereocenters. The lowest BCUT2D eigenvalue weighted by molar-refractivity contribution is 0.625. The molecule has 0 radical (unpaired) electrons. The predicted molar refractivity (Wildman–Crippen MR) is 62.5 cm³/mol. The standard InChI is InChI=1S/C12H12ClFN2/c1-2-12-15-5-6-16(12)11-4-3-10(14)7-9(11)8-13/h3-7H,2,8H2,1H3. The van der Waals surface area contributed by atoms with Crippen molar-refractivity contribution >= 4 is 11.6 Å². The van der Waals surface area contributed by atoms with E-state index < -0.39 is 0 Å². The van der Waals surface area contributed by atoms with Crippen molar-refractivity contribution in [2.75, 3.05) is 0 Å². The zero-order valence-corrected chi connectivity index (χ0v) is 9.71. The SMILES string of the molecule is CCc1nccn1-c1ccc(F)cc1CCl. The highest BCUT2D eigenvalue weighted by Crippen LogP contribution is 2.19. The lowest BCUT2D eigenvalue weighted by Gasteiger charge is -2.10. The second kappa shape index (κ2) is 4.66. The van der Waals surface area contributed by atoms with Crippen LogP contribution in [0.1, 0.15) is 18.3 Å². The normalized spacial score (nSPS) is 10.7. The van der Waals surface area contributed by atoms with Gasteiger partial charge in [-0.2, -0.15) is 0 Å². The Morgan fingerprint density at radius 2 is 2.25 bits per heavy atom. The van der Waals surface area contributed by atoms with Gasteiger partial charge in [-0.15, -0.1) is 11.6 Å². The first-order valence-electron chi connectivity index (χ1n) is 5.13. The van der Waals surface area contributed by atoms with Gasteiger partial charge in [0, 0.05) is 24.7 Å². The highest BCUT2D eigenvalue weighted by Gasteiger charge is 2.08. The van der Waals surface area contributed by atoms with E-state index in [1.807, 2.05) is 17.7 Å². The van der Waals surface area contributed by atoms with Crippen LogP contribution in [0, 0.1) is 5.82 Å². The molecule has 0 aliphatic rings. The number of hydrogen-bond acceptors (Lipinski definition) is 1. The van der Waals surface area contributed by atoms with Crippen LogP contribution in [0.15, 0.2) is 30.6 Å². The second-order valence-electron chi connectivity index (χ2n) is 3.47. The Labute approximate surface area is 98.7 Å². The van der Waals surface area contributed by atoms with Gasteiger partial charge in [-0.3, -0.25) is 0 Å². The van der Waals surface area contributed by atoms with Gasteiger partial charge in [0.05, 0.1) is 5.69 Å². The highest BCUT2D eigenvalue weighted by molar-refractivity contribution is 6.17. The van der Waals surface area contributed by atoms with Gasteiger partial charge < -0.3 is 4.57 Å². The summed E-state index contributed by atoms with van der Waals surface area (Å²) in [4.78, 5) is 4.24. The van der Waals surface area contributed by atoms with E-state index in [0.717, 1.165) is 23.5 Å². The minimum atomic E-state index is -0.266. The smallest absolute Gasteiger partial charge is 0.123 e. The molecule has 1 aromatic carbocycles. The number of aromatic nitrogens is 2.